The second kappa shape index (κ2) is 18.3. The van der Waals surface area contributed by atoms with E-state index >= 15 is 0 Å². The van der Waals surface area contributed by atoms with Crippen LogP contribution in [0.15, 0.2) is 0 Å². The molecule has 2 N–H and O–H groups in total. The van der Waals surface area contributed by atoms with Gasteiger partial charge in [-0.25, -0.2) is 0 Å². The maximum Gasteiger partial charge on any atom is 0.150 e. The Morgan fingerprint density at radius 1 is 0.500 bits per heavy atom. The maximum atomic E-state index is 6.34. The summed E-state index contributed by atoms with van der Waals surface area (Å²) in [4.78, 5) is 0. The van der Waals surface area contributed by atoms with Crippen LogP contribution in [-0.2, 0) is 0 Å². The van der Waals surface area contributed by atoms with Crippen LogP contribution in [0.25, 0.3) is 0 Å². The Morgan fingerprint density at radius 3 is 1.00 bits per heavy atom. The highest BCUT2D eigenvalue weighted by molar-refractivity contribution is 7.19. The van der Waals surface area contributed by atoms with Crippen LogP contribution in [0.2, 0.25) is 19.1 Å². The molecule has 0 aliphatic rings. The van der Waals surface area contributed by atoms with Gasteiger partial charge < -0.3 is 5.73 Å². The molecule has 0 heterocycles. The average molecular weight is 376 g/mol. The Kier molecular flexibility index (Phi) is 18.6. The van der Waals surface area contributed by atoms with Gasteiger partial charge in [0.25, 0.3) is 0 Å². The molecule has 0 fully saturated rings. The van der Waals surface area contributed by atoms with Crippen molar-refractivity contribution in [2.75, 3.05) is 6.54 Å². The quantitative estimate of drug-likeness (QED) is 0.138. The molecule has 0 bridgehead atoms. The molecule has 0 aliphatic carbocycles. The highest BCUT2D eigenvalue weighted by atomic mass is 35.6. The zero-order valence-electron chi connectivity index (χ0n) is 16.9. The van der Waals surface area contributed by atoms with E-state index in [1.54, 1.807) is 0 Å². The number of hydrogen-bond acceptors (Lipinski definition) is 1. The van der Waals surface area contributed by atoms with Crippen LogP contribution in [-0.4, -0.2) is 13.9 Å². The van der Waals surface area contributed by atoms with Crippen LogP contribution in [0, 0.1) is 0 Å². The molecule has 0 aromatic carbocycles. The molecule has 0 spiro atoms. The van der Waals surface area contributed by atoms with Crippen molar-refractivity contribution in [3.8, 4) is 0 Å². The van der Waals surface area contributed by atoms with E-state index in [-0.39, 0.29) is 0 Å². The first-order valence-electron chi connectivity index (χ1n) is 11.0. The van der Waals surface area contributed by atoms with Gasteiger partial charge in [0.2, 0.25) is 0 Å². The van der Waals surface area contributed by atoms with Gasteiger partial charge in [-0.15, -0.1) is 0 Å². The molecule has 0 aromatic heterocycles. The highest BCUT2D eigenvalue weighted by Crippen LogP contribution is 2.19. The minimum atomic E-state index is -1.30. The lowest BCUT2D eigenvalue weighted by molar-refractivity contribution is 0.527. The number of hydrogen-bond donors (Lipinski definition) is 1. The molecule has 0 amide bonds. The van der Waals surface area contributed by atoms with Crippen LogP contribution in [0.5, 0.6) is 0 Å². The molecule has 0 rings (SSSR count). The normalized spacial score (nSPS) is 12.0. The maximum absolute atomic E-state index is 6.34. The fourth-order valence-electron chi connectivity index (χ4n) is 3.34. The monoisotopic (exact) mass is 375 g/mol. The first-order valence-corrected chi connectivity index (χ1v) is 15.2. The summed E-state index contributed by atoms with van der Waals surface area (Å²) in [6.45, 7) is 5.39. The number of nitrogens with two attached hydrogens (primary N) is 1. The lowest BCUT2D eigenvalue weighted by Crippen LogP contribution is -2.14. The SMILES string of the molecule is C[Si](C)(Cl)CCCCCCCCCCCCCCCCCCCN. The number of unbranched alkanes of at least 4 members (excludes halogenated alkanes) is 16. The van der Waals surface area contributed by atoms with Crippen molar-refractivity contribution >= 4 is 18.5 Å². The van der Waals surface area contributed by atoms with Gasteiger partial charge in [0.05, 0.1) is 0 Å². The molecule has 3 heteroatoms. The predicted octanol–water partition coefficient (Wildman–Crippen LogP) is 8.02. The van der Waals surface area contributed by atoms with Crippen LogP contribution in [0.4, 0.5) is 0 Å². The molecular formula is C21H46ClNSi. The van der Waals surface area contributed by atoms with E-state index in [0.717, 1.165) is 6.54 Å². The topological polar surface area (TPSA) is 26.0 Å². The Bertz CT molecular complexity index is 240. The minimum Gasteiger partial charge on any atom is -0.330 e. The van der Waals surface area contributed by atoms with Gasteiger partial charge in [0.1, 0.15) is 7.38 Å². The van der Waals surface area contributed by atoms with E-state index in [1.807, 2.05) is 0 Å². The van der Waals surface area contributed by atoms with Crippen molar-refractivity contribution in [3.63, 3.8) is 0 Å². The molecule has 0 radical (unpaired) electrons. The van der Waals surface area contributed by atoms with Gasteiger partial charge in [-0.05, 0) is 19.0 Å². The summed E-state index contributed by atoms with van der Waals surface area (Å²) in [5, 5.41) is 0. The molecule has 0 atom stereocenters. The average Bonchev–Trinajstić information content (AvgIpc) is 2.52. The Hall–Kier alpha value is 0.467. The van der Waals surface area contributed by atoms with Crippen molar-refractivity contribution in [3.05, 3.63) is 0 Å². The van der Waals surface area contributed by atoms with Crippen molar-refractivity contribution in [1.29, 1.82) is 0 Å². The lowest BCUT2D eigenvalue weighted by Gasteiger charge is -2.11. The summed E-state index contributed by atoms with van der Waals surface area (Å²) in [7, 11) is -1.30. The Morgan fingerprint density at radius 2 is 0.750 bits per heavy atom. The van der Waals surface area contributed by atoms with Crippen LogP contribution in [0.1, 0.15) is 109 Å². The van der Waals surface area contributed by atoms with Crippen LogP contribution < -0.4 is 5.73 Å². The third kappa shape index (κ3) is 22.5. The van der Waals surface area contributed by atoms with Gasteiger partial charge >= 0.3 is 0 Å². The summed E-state index contributed by atoms with van der Waals surface area (Å²) >= 11 is 6.34. The first-order chi connectivity index (χ1) is 11.6. The van der Waals surface area contributed by atoms with E-state index < -0.39 is 7.38 Å². The van der Waals surface area contributed by atoms with Crippen molar-refractivity contribution in [2.24, 2.45) is 5.73 Å². The van der Waals surface area contributed by atoms with Gasteiger partial charge in [-0.1, -0.05) is 116 Å². The van der Waals surface area contributed by atoms with Gasteiger partial charge in [-0.2, -0.15) is 11.1 Å². The Balaban J connectivity index is 3.00. The zero-order valence-corrected chi connectivity index (χ0v) is 18.6. The van der Waals surface area contributed by atoms with Crippen molar-refractivity contribution in [1.82, 2.24) is 0 Å². The summed E-state index contributed by atoms with van der Waals surface area (Å²) in [5.74, 6) is 0. The standard InChI is InChI=1S/C21H46ClNSi/c1-24(2,22)21-19-17-15-13-11-9-7-5-3-4-6-8-10-12-14-16-18-20-23/h3-21,23H2,1-2H3. The fraction of sp³-hybridized carbons (Fsp3) is 1.00. The number of halogens is 1. The zero-order chi connectivity index (χ0) is 17.9. The van der Waals surface area contributed by atoms with Crippen LogP contribution >= 0.6 is 11.1 Å². The van der Waals surface area contributed by atoms with Crippen LogP contribution in [0.3, 0.4) is 0 Å². The third-order valence-corrected chi connectivity index (χ3v) is 7.08. The molecule has 1 nitrogen and oxygen atoms in total. The molecule has 0 unspecified atom stereocenters. The summed E-state index contributed by atoms with van der Waals surface area (Å²) < 4.78 is 0. The summed E-state index contributed by atoms with van der Waals surface area (Å²) in [6.07, 6.45) is 24.1. The lowest BCUT2D eigenvalue weighted by atomic mass is 10.0. The molecule has 146 valence electrons. The van der Waals surface area contributed by atoms with E-state index in [4.69, 9.17) is 16.8 Å². The fourth-order valence-corrected chi connectivity index (χ4v) is 4.83. The smallest absolute Gasteiger partial charge is 0.150 e. The second-order valence-electron chi connectivity index (χ2n) is 8.27. The van der Waals surface area contributed by atoms with Crippen molar-refractivity contribution < 1.29 is 0 Å². The summed E-state index contributed by atoms with van der Waals surface area (Å²) in [5.41, 5.74) is 5.51. The molecular weight excluding hydrogens is 330 g/mol. The Labute approximate surface area is 159 Å². The molecule has 24 heavy (non-hydrogen) atoms. The van der Waals surface area contributed by atoms with Gasteiger partial charge in [0, 0.05) is 0 Å². The second-order valence-corrected chi connectivity index (χ2v) is 15.3. The van der Waals surface area contributed by atoms with E-state index in [9.17, 15) is 0 Å². The molecule has 0 saturated heterocycles. The van der Waals surface area contributed by atoms with E-state index in [1.165, 1.54) is 115 Å². The largest absolute Gasteiger partial charge is 0.330 e. The molecule has 0 saturated carbocycles. The van der Waals surface area contributed by atoms with Gasteiger partial charge in [0.15, 0.2) is 0 Å². The molecule has 0 aliphatic heterocycles. The molecule has 0 aromatic rings. The van der Waals surface area contributed by atoms with E-state index in [0.29, 0.717) is 0 Å². The predicted molar refractivity (Wildman–Crippen MR) is 116 cm³/mol. The van der Waals surface area contributed by atoms with E-state index in [2.05, 4.69) is 13.1 Å². The third-order valence-electron chi connectivity index (χ3n) is 4.98. The summed E-state index contributed by atoms with van der Waals surface area (Å²) in [6, 6.07) is 1.29. The first kappa shape index (κ1) is 24.5. The van der Waals surface area contributed by atoms with Crippen molar-refractivity contribution in [2.45, 2.75) is 128 Å². The van der Waals surface area contributed by atoms with Gasteiger partial charge in [-0.3, -0.25) is 0 Å². The number of rotatable bonds is 19. The minimum absolute atomic E-state index is 0.869. The highest BCUT2D eigenvalue weighted by Gasteiger charge is 2.15.